The number of carbonyl (C=O) groups excluding carboxylic acids is 1. The van der Waals surface area contributed by atoms with Crippen LogP contribution in [-0.4, -0.2) is 12.0 Å². The van der Waals surface area contributed by atoms with Gasteiger partial charge < -0.3 is 0 Å². The highest BCUT2D eigenvalue weighted by molar-refractivity contribution is 7.80. The summed E-state index contributed by atoms with van der Waals surface area (Å²) in [7, 11) is 0. The summed E-state index contributed by atoms with van der Waals surface area (Å²) in [6.45, 7) is 0. The molecule has 3 heteroatoms. The minimum absolute atomic E-state index is 0.332. The minimum atomic E-state index is -0.332. The highest BCUT2D eigenvalue weighted by atomic mass is 32.1. The Morgan fingerprint density at radius 2 is 2.14 bits per heavy atom. The van der Waals surface area contributed by atoms with E-state index >= 15 is 0 Å². The van der Waals surface area contributed by atoms with Crippen LogP contribution < -0.4 is 0 Å². The zero-order chi connectivity index (χ0) is 10.4. The Morgan fingerprint density at radius 1 is 1.36 bits per heavy atom. The van der Waals surface area contributed by atoms with Gasteiger partial charge in [0.2, 0.25) is 0 Å². The smallest absolute Gasteiger partial charge is 0.150 e. The van der Waals surface area contributed by atoms with Crippen molar-refractivity contribution in [3.63, 3.8) is 0 Å². The summed E-state index contributed by atoms with van der Waals surface area (Å²) in [5, 5.41) is 0. The number of halogens is 1. The van der Waals surface area contributed by atoms with Crippen LogP contribution in [0.4, 0.5) is 4.39 Å². The summed E-state index contributed by atoms with van der Waals surface area (Å²) >= 11 is 4.04. The maximum absolute atomic E-state index is 12.8. The first-order valence-electron chi connectivity index (χ1n) is 4.30. The molecule has 14 heavy (non-hydrogen) atoms. The monoisotopic (exact) mass is 210 g/mol. The fourth-order valence-electron chi connectivity index (χ4n) is 1.08. The van der Waals surface area contributed by atoms with Gasteiger partial charge in [-0.15, -0.1) is 0 Å². The third kappa shape index (κ3) is 3.00. The Morgan fingerprint density at radius 3 is 2.79 bits per heavy atom. The van der Waals surface area contributed by atoms with E-state index in [0.29, 0.717) is 11.1 Å². The average molecular weight is 210 g/mol. The maximum Gasteiger partial charge on any atom is 0.150 e. The van der Waals surface area contributed by atoms with Gasteiger partial charge in [0.15, 0.2) is 6.29 Å². The van der Waals surface area contributed by atoms with Crippen LogP contribution in [-0.2, 0) is 0 Å². The van der Waals surface area contributed by atoms with Gasteiger partial charge >= 0.3 is 0 Å². The van der Waals surface area contributed by atoms with Gasteiger partial charge in [0.25, 0.3) is 0 Å². The third-order valence-electron chi connectivity index (χ3n) is 1.77. The van der Waals surface area contributed by atoms with Gasteiger partial charge in [0, 0.05) is 5.56 Å². The minimum Gasteiger partial charge on any atom is -0.298 e. The van der Waals surface area contributed by atoms with E-state index in [0.717, 1.165) is 18.5 Å². The Balaban J connectivity index is 2.92. The van der Waals surface area contributed by atoms with Gasteiger partial charge in [-0.2, -0.15) is 12.6 Å². The summed E-state index contributed by atoms with van der Waals surface area (Å²) in [5.74, 6) is 0.406. The van der Waals surface area contributed by atoms with Crippen LogP contribution in [0.2, 0.25) is 0 Å². The first-order chi connectivity index (χ1) is 6.77. The molecule has 0 amide bonds. The first-order valence-corrected chi connectivity index (χ1v) is 4.93. The Kier molecular flexibility index (Phi) is 4.40. The number of carbonyl (C=O) groups is 1. The molecule has 0 heterocycles. The second-order valence-electron chi connectivity index (χ2n) is 2.81. The van der Waals surface area contributed by atoms with E-state index in [4.69, 9.17) is 0 Å². The number of aldehydes is 1. The largest absolute Gasteiger partial charge is 0.298 e. The molecule has 74 valence electrons. The second-order valence-corrected chi connectivity index (χ2v) is 3.25. The zero-order valence-electron chi connectivity index (χ0n) is 7.61. The molecular formula is C11H11FOS. The number of rotatable bonds is 4. The molecule has 0 aromatic heterocycles. The molecule has 0 bridgehead atoms. The molecule has 0 radical (unpaired) electrons. The van der Waals surface area contributed by atoms with Gasteiger partial charge in [-0.3, -0.25) is 4.79 Å². The molecule has 0 fully saturated rings. The molecule has 0 aliphatic heterocycles. The van der Waals surface area contributed by atoms with Crippen molar-refractivity contribution >= 4 is 25.0 Å². The Hall–Kier alpha value is -1.09. The lowest BCUT2D eigenvalue weighted by molar-refractivity contribution is 0.112. The maximum atomic E-state index is 12.8. The lowest BCUT2D eigenvalue weighted by Crippen LogP contribution is -1.87. The highest BCUT2D eigenvalue weighted by Gasteiger charge is 1.99. The van der Waals surface area contributed by atoms with Gasteiger partial charge in [-0.05, 0) is 35.9 Å². The van der Waals surface area contributed by atoms with E-state index in [9.17, 15) is 9.18 Å². The predicted molar refractivity (Wildman–Crippen MR) is 59.3 cm³/mol. The normalized spacial score (nSPS) is 10.7. The average Bonchev–Trinajstić information content (AvgIpc) is 2.19. The van der Waals surface area contributed by atoms with Gasteiger partial charge in [0.05, 0.1) is 0 Å². The fourth-order valence-corrected chi connectivity index (χ4v) is 1.23. The molecule has 0 aliphatic carbocycles. The predicted octanol–water partition coefficient (Wildman–Crippen LogP) is 2.97. The molecule has 0 aliphatic rings. The lowest BCUT2D eigenvalue weighted by Gasteiger charge is -1.98. The van der Waals surface area contributed by atoms with E-state index in [1.165, 1.54) is 18.2 Å². The molecule has 1 aromatic carbocycles. The van der Waals surface area contributed by atoms with Crippen molar-refractivity contribution in [2.24, 2.45) is 0 Å². The van der Waals surface area contributed by atoms with Crippen molar-refractivity contribution in [3.8, 4) is 0 Å². The lowest BCUT2D eigenvalue weighted by atomic mass is 10.1. The molecule has 0 unspecified atom stereocenters. The SMILES string of the molecule is O=Cc1ccc(F)cc1C=CCCS. The van der Waals surface area contributed by atoms with Crippen molar-refractivity contribution in [3.05, 3.63) is 41.2 Å². The summed E-state index contributed by atoms with van der Waals surface area (Å²) < 4.78 is 12.8. The Bertz CT molecular complexity index is 347. The molecule has 0 saturated heterocycles. The van der Waals surface area contributed by atoms with Gasteiger partial charge in [-0.25, -0.2) is 4.39 Å². The van der Waals surface area contributed by atoms with E-state index in [1.807, 2.05) is 6.08 Å². The topological polar surface area (TPSA) is 17.1 Å². The summed E-state index contributed by atoms with van der Waals surface area (Å²) in [6, 6.07) is 4.10. The van der Waals surface area contributed by atoms with Crippen LogP contribution in [0.3, 0.4) is 0 Å². The van der Waals surface area contributed by atoms with Crippen LogP contribution in [0.25, 0.3) is 6.08 Å². The highest BCUT2D eigenvalue weighted by Crippen LogP contribution is 2.11. The number of hydrogen-bond donors (Lipinski definition) is 1. The molecule has 0 saturated carbocycles. The standard InChI is InChI=1S/C11H11FOS/c12-11-5-4-10(8-13)9(7-11)3-1-2-6-14/h1,3-5,7-8,14H,2,6H2. The van der Waals surface area contributed by atoms with Crippen molar-refractivity contribution in [2.45, 2.75) is 6.42 Å². The zero-order valence-corrected chi connectivity index (χ0v) is 8.51. The molecule has 0 spiro atoms. The molecule has 0 N–H and O–H groups in total. The number of allylic oxidation sites excluding steroid dienone is 1. The van der Waals surface area contributed by atoms with E-state index in [-0.39, 0.29) is 5.82 Å². The van der Waals surface area contributed by atoms with Crippen LogP contribution in [0.1, 0.15) is 22.3 Å². The number of thiol groups is 1. The third-order valence-corrected chi connectivity index (χ3v) is 2.03. The van der Waals surface area contributed by atoms with Gasteiger partial charge in [-0.1, -0.05) is 12.2 Å². The van der Waals surface area contributed by atoms with Crippen LogP contribution in [0.15, 0.2) is 24.3 Å². The Labute approximate surface area is 88.0 Å². The van der Waals surface area contributed by atoms with Crippen molar-refractivity contribution in [2.75, 3.05) is 5.75 Å². The molecule has 1 aromatic rings. The molecule has 1 rings (SSSR count). The summed E-state index contributed by atoms with van der Waals surface area (Å²) in [4.78, 5) is 10.6. The molecular weight excluding hydrogens is 199 g/mol. The molecule has 0 atom stereocenters. The fraction of sp³-hybridized carbons (Fsp3) is 0.182. The van der Waals surface area contributed by atoms with Gasteiger partial charge in [0.1, 0.15) is 5.82 Å². The van der Waals surface area contributed by atoms with Crippen LogP contribution in [0.5, 0.6) is 0 Å². The van der Waals surface area contributed by atoms with Crippen molar-refractivity contribution < 1.29 is 9.18 Å². The van der Waals surface area contributed by atoms with E-state index in [2.05, 4.69) is 12.6 Å². The van der Waals surface area contributed by atoms with Crippen molar-refractivity contribution in [1.29, 1.82) is 0 Å². The number of benzene rings is 1. The number of hydrogen-bond acceptors (Lipinski definition) is 2. The molecule has 1 nitrogen and oxygen atoms in total. The van der Waals surface area contributed by atoms with E-state index < -0.39 is 0 Å². The van der Waals surface area contributed by atoms with E-state index in [1.54, 1.807) is 6.08 Å². The second kappa shape index (κ2) is 5.60. The van der Waals surface area contributed by atoms with Crippen LogP contribution in [0, 0.1) is 5.82 Å². The quantitative estimate of drug-likeness (QED) is 0.597. The van der Waals surface area contributed by atoms with Crippen LogP contribution >= 0.6 is 12.6 Å². The summed E-state index contributed by atoms with van der Waals surface area (Å²) in [5.41, 5.74) is 1.11. The van der Waals surface area contributed by atoms with Crippen molar-refractivity contribution in [1.82, 2.24) is 0 Å². The summed E-state index contributed by atoms with van der Waals surface area (Å²) in [6.07, 6.45) is 5.13. The first kappa shape index (κ1) is 11.0.